The topological polar surface area (TPSA) is 23.5 Å². The van der Waals surface area contributed by atoms with Gasteiger partial charge in [-0.25, -0.2) is 0 Å². The van der Waals surface area contributed by atoms with Crippen molar-refractivity contribution in [2.75, 3.05) is 13.2 Å². The van der Waals surface area contributed by atoms with Crippen molar-refractivity contribution < 1.29 is 5.11 Å². The minimum Gasteiger partial charge on any atom is -0.395 e. The van der Waals surface area contributed by atoms with Crippen molar-refractivity contribution in [3.05, 3.63) is 21.9 Å². The summed E-state index contributed by atoms with van der Waals surface area (Å²) in [7, 11) is 0. The Kier molecular flexibility index (Phi) is 8.60. The second-order valence-electron chi connectivity index (χ2n) is 5.16. The number of hydrogen-bond donors (Lipinski definition) is 1. The fraction of sp³-hybridized carbons (Fsp3) is 0.647. The van der Waals surface area contributed by atoms with Crippen molar-refractivity contribution in [3.63, 3.8) is 0 Å². The van der Waals surface area contributed by atoms with E-state index in [0.717, 1.165) is 12.1 Å². The highest BCUT2D eigenvalue weighted by molar-refractivity contribution is 7.10. The molecule has 3 heteroatoms. The highest BCUT2D eigenvalue weighted by atomic mass is 32.1. The van der Waals surface area contributed by atoms with Crippen LogP contribution >= 0.6 is 11.3 Å². The van der Waals surface area contributed by atoms with E-state index in [1.54, 1.807) is 11.3 Å². The van der Waals surface area contributed by atoms with Crippen molar-refractivity contribution in [1.82, 2.24) is 4.90 Å². The molecule has 0 bridgehead atoms. The lowest BCUT2D eigenvalue weighted by molar-refractivity contribution is 0.194. The van der Waals surface area contributed by atoms with Gasteiger partial charge >= 0.3 is 0 Å². The molecule has 1 unspecified atom stereocenters. The summed E-state index contributed by atoms with van der Waals surface area (Å²) in [4.78, 5) is 3.95. The second kappa shape index (κ2) is 9.99. The van der Waals surface area contributed by atoms with Gasteiger partial charge in [-0.3, -0.25) is 4.90 Å². The molecular formula is C17H27NOS. The van der Waals surface area contributed by atoms with Crippen LogP contribution in [0.1, 0.15) is 56.9 Å². The van der Waals surface area contributed by atoms with E-state index < -0.39 is 0 Å². The minimum absolute atomic E-state index is 0.142. The molecule has 1 heterocycles. The van der Waals surface area contributed by atoms with E-state index in [9.17, 15) is 0 Å². The largest absolute Gasteiger partial charge is 0.395 e. The first-order valence-corrected chi connectivity index (χ1v) is 8.50. The second-order valence-corrected chi connectivity index (χ2v) is 6.15. The van der Waals surface area contributed by atoms with Gasteiger partial charge in [0.2, 0.25) is 0 Å². The summed E-state index contributed by atoms with van der Waals surface area (Å²) in [6.07, 6.45) is 4.26. The average Bonchev–Trinajstić information content (AvgIpc) is 2.90. The van der Waals surface area contributed by atoms with Crippen molar-refractivity contribution >= 4 is 11.3 Å². The normalized spacial score (nSPS) is 12.2. The molecule has 0 aliphatic carbocycles. The third-order valence-electron chi connectivity index (χ3n) is 3.50. The summed E-state index contributed by atoms with van der Waals surface area (Å²) in [5.41, 5.74) is 1.08. The molecule has 0 saturated carbocycles. The molecule has 0 aromatic carbocycles. The van der Waals surface area contributed by atoms with Crippen molar-refractivity contribution in [3.8, 4) is 11.8 Å². The first-order chi connectivity index (χ1) is 9.71. The third-order valence-corrected chi connectivity index (χ3v) is 4.42. The van der Waals surface area contributed by atoms with Gasteiger partial charge in [0, 0.05) is 34.8 Å². The van der Waals surface area contributed by atoms with Gasteiger partial charge in [-0.05, 0) is 32.4 Å². The van der Waals surface area contributed by atoms with Crippen LogP contribution in [-0.2, 0) is 6.54 Å². The number of rotatable bonds is 8. The van der Waals surface area contributed by atoms with E-state index in [1.807, 2.05) is 0 Å². The molecule has 0 fully saturated rings. The maximum Gasteiger partial charge on any atom is 0.0540 e. The fourth-order valence-corrected chi connectivity index (χ4v) is 2.87. The fourth-order valence-electron chi connectivity index (χ4n) is 2.02. The van der Waals surface area contributed by atoms with Crippen molar-refractivity contribution in [2.45, 2.75) is 59.0 Å². The molecule has 1 aromatic heterocycles. The molecule has 1 aromatic rings. The zero-order valence-electron chi connectivity index (χ0n) is 13.0. The number of thiophene rings is 1. The molecule has 2 nitrogen and oxygen atoms in total. The van der Waals surface area contributed by atoms with E-state index in [1.165, 1.54) is 30.7 Å². The van der Waals surface area contributed by atoms with Gasteiger partial charge in [-0.15, -0.1) is 11.3 Å². The SMILES string of the molecule is CCCCN(Cc1cc(C#CCCO)cs1)C(C)CC. The van der Waals surface area contributed by atoms with Crippen molar-refractivity contribution in [2.24, 2.45) is 0 Å². The molecule has 1 N–H and O–H groups in total. The van der Waals surface area contributed by atoms with Gasteiger partial charge in [0.05, 0.1) is 6.61 Å². The van der Waals surface area contributed by atoms with Crippen LogP contribution in [-0.4, -0.2) is 29.2 Å². The van der Waals surface area contributed by atoms with Crippen LogP contribution in [0.25, 0.3) is 0 Å². The van der Waals surface area contributed by atoms with E-state index in [0.29, 0.717) is 12.5 Å². The summed E-state index contributed by atoms with van der Waals surface area (Å²) in [6.45, 7) is 9.16. The van der Waals surface area contributed by atoms with Crippen LogP contribution in [0.5, 0.6) is 0 Å². The number of unbranched alkanes of at least 4 members (excludes halogenated alkanes) is 1. The average molecular weight is 293 g/mol. The molecule has 0 spiro atoms. The van der Waals surface area contributed by atoms with Gasteiger partial charge in [-0.1, -0.05) is 32.1 Å². The standard InChI is InChI=1S/C17H27NOS/c1-4-6-10-18(15(3)5-2)13-17-12-16(14-20-17)9-7-8-11-19/h12,14-15,19H,4-6,8,10-11,13H2,1-3H3. The summed E-state index contributed by atoms with van der Waals surface area (Å²) in [5, 5.41) is 10.9. The summed E-state index contributed by atoms with van der Waals surface area (Å²) in [6, 6.07) is 2.82. The third kappa shape index (κ3) is 6.09. The molecule has 1 rings (SSSR count). The zero-order valence-corrected chi connectivity index (χ0v) is 13.8. The molecule has 0 radical (unpaired) electrons. The maximum atomic E-state index is 8.73. The molecule has 112 valence electrons. The Labute approximate surface area is 127 Å². The first kappa shape index (κ1) is 17.2. The number of aliphatic hydroxyl groups is 1. The quantitative estimate of drug-likeness (QED) is 0.735. The summed E-state index contributed by atoms with van der Waals surface area (Å²) in [5.74, 6) is 6.09. The Morgan fingerprint density at radius 2 is 2.20 bits per heavy atom. The van der Waals surface area contributed by atoms with Crippen LogP contribution in [0, 0.1) is 11.8 Å². The Hall–Kier alpha value is -0.820. The predicted octanol–water partition coefficient (Wildman–Crippen LogP) is 3.88. The first-order valence-electron chi connectivity index (χ1n) is 7.62. The Morgan fingerprint density at radius 1 is 1.40 bits per heavy atom. The Morgan fingerprint density at radius 3 is 2.85 bits per heavy atom. The molecule has 1 atom stereocenters. The molecule has 20 heavy (non-hydrogen) atoms. The van der Waals surface area contributed by atoms with E-state index in [4.69, 9.17) is 5.11 Å². The molecular weight excluding hydrogens is 266 g/mol. The van der Waals surface area contributed by atoms with Gasteiger partial charge in [0.25, 0.3) is 0 Å². The molecule has 0 aliphatic heterocycles. The van der Waals surface area contributed by atoms with E-state index >= 15 is 0 Å². The predicted molar refractivity (Wildman–Crippen MR) is 88.0 cm³/mol. The molecule has 0 amide bonds. The zero-order chi connectivity index (χ0) is 14.8. The van der Waals surface area contributed by atoms with Crippen LogP contribution in [0.2, 0.25) is 0 Å². The number of aliphatic hydroxyl groups excluding tert-OH is 1. The van der Waals surface area contributed by atoms with Gasteiger partial charge in [-0.2, -0.15) is 0 Å². The Balaban J connectivity index is 2.62. The number of nitrogens with zero attached hydrogens (tertiary/aromatic N) is 1. The highest BCUT2D eigenvalue weighted by Gasteiger charge is 2.13. The van der Waals surface area contributed by atoms with Crippen LogP contribution < -0.4 is 0 Å². The maximum absolute atomic E-state index is 8.73. The number of hydrogen-bond acceptors (Lipinski definition) is 3. The smallest absolute Gasteiger partial charge is 0.0540 e. The highest BCUT2D eigenvalue weighted by Crippen LogP contribution is 2.19. The van der Waals surface area contributed by atoms with Crippen molar-refractivity contribution in [1.29, 1.82) is 0 Å². The molecule has 0 saturated heterocycles. The lowest BCUT2D eigenvalue weighted by Crippen LogP contribution is -2.32. The van der Waals surface area contributed by atoms with Gasteiger partial charge < -0.3 is 5.11 Å². The lowest BCUT2D eigenvalue weighted by atomic mass is 10.2. The van der Waals surface area contributed by atoms with E-state index in [2.05, 4.69) is 49.0 Å². The molecule has 0 aliphatic rings. The van der Waals surface area contributed by atoms with Gasteiger partial charge in [0.1, 0.15) is 0 Å². The Bertz CT molecular complexity index is 430. The van der Waals surface area contributed by atoms with Gasteiger partial charge in [0.15, 0.2) is 0 Å². The summed E-state index contributed by atoms with van der Waals surface area (Å²) >= 11 is 1.79. The van der Waals surface area contributed by atoms with Crippen LogP contribution in [0.3, 0.4) is 0 Å². The van der Waals surface area contributed by atoms with Crippen LogP contribution in [0.15, 0.2) is 11.4 Å². The van der Waals surface area contributed by atoms with E-state index in [-0.39, 0.29) is 6.61 Å². The summed E-state index contributed by atoms with van der Waals surface area (Å²) < 4.78 is 0. The van der Waals surface area contributed by atoms with Crippen LogP contribution in [0.4, 0.5) is 0 Å². The lowest BCUT2D eigenvalue weighted by Gasteiger charge is -2.27. The monoisotopic (exact) mass is 293 g/mol. The minimum atomic E-state index is 0.142.